The van der Waals surface area contributed by atoms with Gasteiger partial charge in [-0.2, -0.15) is 0 Å². The molecule has 6 nitrogen and oxygen atoms in total. The molecular weight excluding hydrogens is 407 g/mol. The molecule has 166 valence electrons. The monoisotopic (exact) mass is 434 g/mol. The summed E-state index contributed by atoms with van der Waals surface area (Å²) in [6, 6.07) is 14.7. The number of halogens is 1. The van der Waals surface area contributed by atoms with Crippen LogP contribution in [-0.2, 0) is 4.74 Å². The Morgan fingerprint density at radius 3 is 2.88 bits per heavy atom. The Balaban J connectivity index is 1.41. The van der Waals surface area contributed by atoms with Crippen LogP contribution in [0.4, 0.5) is 4.39 Å². The number of imidazole rings is 1. The van der Waals surface area contributed by atoms with Crippen molar-refractivity contribution in [2.45, 2.75) is 31.5 Å². The highest BCUT2D eigenvalue weighted by atomic mass is 19.1. The molecule has 3 atom stereocenters. The van der Waals surface area contributed by atoms with Crippen LogP contribution in [0.2, 0.25) is 0 Å². The summed E-state index contributed by atoms with van der Waals surface area (Å²) in [4.78, 5) is 19.6. The number of rotatable bonds is 4. The average molecular weight is 435 g/mol. The van der Waals surface area contributed by atoms with Crippen molar-refractivity contribution in [3.05, 3.63) is 78.1 Å². The maximum Gasteiger partial charge on any atom is 0.272 e. The largest absolute Gasteiger partial charge is 0.373 e. The maximum absolute atomic E-state index is 13.4. The van der Waals surface area contributed by atoms with Crippen molar-refractivity contribution in [2.75, 3.05) is 26.2 Å². The zero-order valence-corrected chi connectivity index (χ0v) is 18.1. The van der Waals surface area contributed by atoms with Crippen molar-refractivity contribution in [1.82, 2.24) is 19.8 Å². The predicted octanol–water partition coefficient (Wildman–Crippen LogP) is 3.50. The topological polar surface area (TPSA) is 59.4 Å². The summed E-state index contributed by atoms with van der Waals surface area (Å²) in [5.74, 6) is -0.288. The Hall–Kier alpha value is -3.03. The first-order chi connectivity index (χ1) is 15.6. The lowest BCUT2D eigenvalue weighted by Crippen LogP contribution is -2.58. The van der Waals surface area contributed by atoms with E-state index in [1.54, 1.807) is 24.7 Å². The zero-order chi connectivity index (χ0) is 22.1. The maximum atomic E-state index is 13.4. The number of nitrogens with zero attached hydrogens (tertiary/aromatic N) is 3. The normalized spacial score (nSPS) is 21.8. The number of aromatic nitrogens is 2. The molecule has 3 unspecified atom stereocenters. The quantitative estimate of drug-likeness (QED) is 0.683. The lowest BCUT2D eigenvalue weighted by molar-refractivity contribution is -0.0417. The molecule has 0 saturated carbocycles. The molecule has 32 heavy (non-hydrogen) atoms. The molecule has 1 N–H and O–H groups in total. The van der Waals surface area contributed by atoms with E-state index in [9.17, 15) is 9.18 Å². The smallest absolute Gasteiger partial charge is 0.272 e. The van der Waals surface area contributed by atoms with Crippen LogP contribution in [0.3, 0.4) is 0 Å². The summed E-state index contributed by atoms with van der Waals surface area (Å²) < 4.78 is 21.3. The highest BCUT2D eigenvalue weighted by Gasteiger charge is 2.35. The molecule has 0 spiro atoms. The third-order valence-corrected chi connectivity index (χ3v) is 6.56. The van der Waals surface area contributed by atoms with Crippen LogP contribution >= 0.6 is 0 Å². The van der Waals surface area contributed by atoms with Crippen molar-refractivity contribution in [1.29, 1.82) is 0 Å². The van der Waals surface area contributed by atoms with Crippen molar-refractivity contribution in [3.63, 3.8) is 0 Å². The van der Waals surface area contributed by atoms with Gasteiger partial charge < -0.3 is 19.5 Å². The van der Waals surface area contributed by atoms with Gasteiger partial charge in [-0.15, -0.1) is 0 Å². The minimum atomic E-state index is -0.261. The van der Waals surface area contributed by atoms with Crippen molar-refractivity contribution < 1.29 is 13.9 Å². The molecule has 3 aromatic rings. The second kappa shape index (κ2) is 8.84. The molecule has 7 heteroatoms. The number of amides is 1. The molecule has 0 bridgehead atoms. The lowest BCUT2D eigenvalue weighted by Gasteiger charge is -2.41. The van der Waals surface area contributed by atoms with E-state index in [2.05, 4.69) is 17.2 Å². The van der Waals surface area contributed by atoms with Gasteiger partial charge >= 0.3 is 0 Å². The minimum Gasteiger partial charge on any atom is -0.373 e. The Labute approximate surface area is 187 Å². The number of benzene rings is 2. The van der Waals surface area contributed by atoms with Gasteiger partial charge in [-0.05, 0) is 42.2 Å². The van der Waals surface area contributed by atoms with E-state index in [1.807, 2.05) is 33.7 Å². The number of nitrogens with one attached hydrogen (secondary N) is 1. The number of carbonyl (C=O) groups is 1. The van der Waals surface area contributed by atoms with Gasteiger partial charge in [-0.3, -0.25) is 4.79 Å². The van der Waals surface area contributed by atoms with Crippen LogP contribution in [0.1, 0.15) is 35.4 Å². The van der Waals surface area contributed by atoms with Gasteiger partial charge in [0.05, 0.1) is 31.3 Å². The van der Waals surface area contributed by atoms with E-state index in [0.29, 0.717) is 31.4 Å². The molecule has 1 amide bonds. The Morgan fingerprint density at radius 2 is 2.03 bits per heavy atom. The van der Waals surface area contributed by atoms with Gasteiger partial charge in [0.25, 0.3) is 5.91 Å². The first-order valence-corrected chi connectivity index (χ1v) is 11.1. The van der Waals surface area contributed by atoms with Gasteiger partial charge in [0, 0.05) is 25.7 Å². The van der Waals surface area contributed by atoms with E-state index in [0.717, 1.165) is 29.7 Å². The summed E-state index contributed by atoms with van der Waals surface area (Å²) in [6.07, 6.45) is 4.28. The molecule has 2 aromatic carbocycles. The summed E-state index contributed by atoms with van der Waals surface area (Å²) in [5, 5.41) is 3.49. The number of piperidine rings is 1. The summed E-state index contributed by atoms with van der Waals surface area (Å²) in [5.41, 5.74) is 3.55. The fourth-order valence-corrected chi connectivity index (χ4v) is 4.80. The standard InChI is InChI=1S/C25H27FN4O2/c1-17(20-4-2-3-5-21(20)18-6-8-19(26)9-7-18)30-16-27-14-23(30)25(31)29-12-10-22-24(15-29)32-13-11-28-22/h2-9,14,16-17,22,24,28H,10-13,15H2,1H3. The van der Waals surface area contributed by atoms with Gasteiger partial charge in [-0.1, -0.05) is 36.4 Å². The third kappa shape index (κ3) is 3.94. The van der Waals surface area contributed by atoms with Crippen LogP contribution in [0.15, 0.2) is 61.1 Å². The Morgan fingerprint density at radius 1 is 1.22 bits per heavy atom. The summed E-state index contributed by atoms with van der Waals surface area (Å²) in [6.45, 7) is 4.89. The Kier molecular flexibility index (Phi) is 5.76. The van der Waals surface area contributed by atoms with Crippen molar-refractivity contribution in [2.24, 2.45) is 0 Å². The fourth-order valence-electron chi connectivity index (χ4n) is 4.80. The van der Waals surface area contributed by atoms with E-state index in [1.165, 1.54) is 12.1 Å². The molecule has 0 aliphatic carbocycles. The fraction of sp³-hybridized carbons (Fsp3) is 0.360. The molecule has 2 saturated heterocycles. The van der Waals surface area contributed by atoms with Crippen molar-refractivity contribution in [3.8, 4) is 11.1 Å². The third-order valence-electron chi connectivity index (χ3n) is 6.56. The molecule has 0 radical (unpaired) electrons. The molecule has 1 aromatic heterocycles. The van der Waals surface area contributed by atoms with Gasteiger partial charge in [0.2, 0.25) is 0 Å². The number of ether oxygens (including phenoxy) is 1. The second-order valence-corrected chi connectivity index (χ2v) is 8.47. The number of hydrogen-bond donors (Lipinski definition) is 1. The molecular formula is C25H27FN4O2. The number of likely N-dealkylation sites (tertiary alicyclic amines) is 1. The Bertz CT molecular complexity index is 1100. The van der Waals surface area contributed by atoms with E-state index in [-0.39, 0.29) is 23.9 Å². The molecule has 5 rings (SSSR count). The SMILES string of the molecule is CC(c1ccccc1-c1ccc(F)cc1)n1cncc1C(=O)N1CCC2NCCOC2C1. The summed E-state index contributed by atoms with van der Waals surface area (Å²) >= 11 is 0. The molecule has 3 heterocycles. The van der Waals surface area contributed by atoms with Crippen LogP contribution in [-0.4, -0.2) is 58.7 Å². The predicted molar refractivity (Wildman–Crippen MR) is 120 cm³/mol. The van der Waals surface area contributed by atoms with Crippen LogP contribution in [0.5, 0.6) is 0 Å². The van der Waals surface area contributed by atoms with E-state index in [4.69, 9.17) is 4.74 Å². The number of morpholine rings is 1. The molecule has 2 aliphatic rings. The van der Waals surface area contributed by atoms with Crippen LogP contribution in [0.25, 0.3) is 11.1 Å². The highest BCUT2D eigenvalue weighted by molar-refractivity contribution is 5.92. The van der Waals surface area contributed by atoms with Crippen LogP contribution in [0, 0.1) is 5.82 Å². The van der Waals surface area contributed by atoms with Gasteiger partial charge in [0.1, 0.15) is 11.5 Å². The molecule has 2 fully saturated rings. The van der Waals surface area contributed by atoms with Gasteiger partial charge in [-0.25, -0.2) is 9.37 Å². The average Bonchev–Trinajstić information content (AvgIpc) is 3.33. The zero-order valence-electron chi connectivity index (χ0n) is 18.1. The second-order valence-electron chi connectivity index (χ2n) is 8.47. The molecule has 2 aliphatic heterocycles. The highest BCUT2D eigenvalue weighted by Crippen LogP contribution is 2.31. The lowest BCUT2D eigenvalue weighted by atomic mass is 9.95. The number of fused-ring (bicyclic) bond motifs is 1. The van der Waals surface area contributed by atoms with Gasteiger partial charge in [0.15, 0.2) is 0 Å². The summed E-state index contributed by atoms with van der Waals surface area (Å²) in [7, 11) is 0. The van der Waals surface area contributed by atoms with Crippen molar-refractivity contribution >= 4 is 5.91 Å². The van der Waals surface area contributed by atoms with E-state index < -0.39 is 0 Å². The number of hydrogen-bond acceptors (Lipinski definition) is 4. The van der Waals surface area contributed by atoms with Crippen LogP contribution < -0.4 is 5.32 Å². The minimum absolute atomic E-state index is 0.0266. The first-order valence-electron chi connectivity index (χ1n) is 11.1. The van der Waals surface area contributed by atoms with E-state index >= 15 is 0 Å². The number of carbonyl (C=O) groups excluding carboxylic acids is 1. The first kappa shape index (κ1) is 20.8.